The fraction of sp³-hybridized carbons (Fsp3) is 0.471. The van der Waals surface area contributed by atoms with E-state index in [1.807, 2.05) is 0 Å². The second kappa shape index (κ2) is 7.49. The molecule has 1 saturated heterocycles. The number of likely N-dealkylation sites (tertiary alicyclic amines) is 1. The van der Waals surface area contributed by atoms with Gasteiger partial charge >= 0.3 is 11.9 Å². The van der Waals surface area contributed by atoms with Crippen LogP contribution in [0.25, 0.3) is 0 Å². The summed E-state index contributed by atoms with van der Waals surface area (Å²) in [5.74, 6) is -3.02. The number of halogens is 2. The molecule has 0 aliphatic carbocycles. The number of nitrogens with zero attached hydrogens (tertiary/aromatic N) is 1. The van der Waals surface area contributed by atoms with Gasteiger partial charge in [-0.3, -0.25) is 9.59 Å². The van der Waals surface area contributed by atoms with Crippen molar-refractivity contribution in [3.8, 4) is 0 Å². The van der Waals surface area contributed by atoms with E-state index < -0.39 is 40.9 Å². The molecule has 1 aromatic carbocycles. The van der Waals surface area contributed by atoms with Crippen LogP contribution in [-0.4, -0.2) is 47.5 Å². The molecule has 1 aliphatic heterocycles. The van der Waals surface area contributed by atoms with Crippen molar-refractivity contribution in [1.82, 2.24) is 4.90 Å². The van der Waals surface area contributed by atoms with Gasteiger partial charge in [0.2, 0.25) is 0 Å². The number of hydrogen-bond donors (Lipinski definition) is 1. The number of nitrogens with two attached hydrogens (primary N) is 1. The average Bonchev–Trinajstić information content (AvgIpc) is 2.82. The van der Waals surface area contributed by atoms with Crippen LogP contribution in [-0.2, 0) is 19.1 Å². The van der Waals surface area contributed by atoms with Gasteiger partial charge in [0, 0.05) is 13.0 Å². The molecule has 0 saturated carbocycles. The molecule has 1 amide bonds. The molecule has 26 heavy (non-hydrogen) atoms. The van der Waals surface area contributed by atoms with Gasteiger partial charge in [0.25, 0.3) is 5.91 Å². The first kappa shape index (κ1) is 20.0. The number of nitrogen functional groups attached to an aromatic ring is 1. The van der Waals surface area contributed by atoms with Gasteiger partial charge in [-0.15, -0.1) is 0 Å². The second-order valence-electron chi connectivity index (χ2n) is 6.88. The van der Waals surface area contributed by atoms with E-state index in [4.69, 9.17) is 26.8 Å². The van der Waals surface area contributed by atoms with Gasteiger partial charge in [0.15, 0.2) is 6.10 Å². The third-order valence-electron chi connectivity index (χ3n) is 3.54. The molecule has 1 aromatic rings. The molecule has 1 fully saturated rings. The Balaban J connectivity index is 1.99. The number of carbonyl (C=O) groups is 3. The lowest BCUT2D eigenvalue weighted by atomic mass is 10.2. The fourth-order valence-electron chi connectivity index (χ4n) is 2.42. The molecular formula is C17H20ClFN2O5. The highest BCUT2D eigenvalue weighted by atomic mass is 35.5. The molecule has 0 spiro atoms. The normalized spacial score (nSPS) is 17.3. The van der Waals surface area contributed by atoms with E-state index in [0.29, 0.717) is 0 Å². The fourth-order valence-corrected chi connectivity index (χ4v) is 2.58. The molecule has 7 nitrogen and oxygen atoms in total. The Morgan fingerprint density at radius 3 is 2.65 bits per heavy atom. The maximum Gasteiger partial charge on any atom is 0.341 e. The second-order valence-corrected chi connectivity index (χ2v) is 7.29. The van der Waals surface area contributed by atoms with E-state index in [1.54, 1.807) is 20.8 Å². The van der Waals surface area contributed by atoms with Crippen molar-refractivity contribution < 1.29 is 28.2 Å². The third-order valence-corrected chi connectivity index (χ3v) is 3.87. The number of esters is 2. The van der Waals surface area contributed by atoms with Crippen LogP contribution < -0.4 is 5.73 Å². The van der Waals surface area contributed by atoms with Crippen LogP contribution in [0.3, 0.4) is 0 Å². The lowest BCUT2D eigenvalue weighted by Gasteiger charge is -2.22. The van der Waals surface area contributed by atoms with Crippen LogP contribution in [0.15, 0.2) is 12.1 Å². The van der Waals surface area contributed by atoms with Crippen LogP contribution in [0.4, 0.5) is 10.1 Å². The van der Waals surface area contributed by atoms with Crippen LogP contribution in [0.2, 0.25) is 5.02 Å². The molecule has 9 heteroatoms. The molecule has 1 atom stereocenters. The van der Waals surface area contributed by atoms with E-state index in [0.717, 1.165) is 12.1 Å². The first-order valence-electron chi connectivity index (χ1n) is 7.94. The topological polar surface area (TPSA) is 98.9 Å². The predicted molar refractivity (Wildman–Crippen MR) is 92.1 cm³/mol. The summed E-state index contributed by atoms with van der Waals surface area (Å²) in [6.45, 7) is 5.13. The Labute approximate surface area is 155 Å². The Hall–Kier alpha value is -2.35. The minimum atomic E-state index is -1.10. The Morgan fingerprint density at radius 2 is 2.04 bits per heavy atom. The van der Waals surface area contributed by atoms with Crippen LogP contribution in [0.1, 0.15) is 37.6 Å². The van der Waals surface area contributed by atoms with Crippen LogP contribution in [0, 0.1) is 5.82 Å². The number of carbonyl (C=O) groups excluding carboxylic acids is 3. The van der Waals surface area contributed by atoms with Crippen LogP contribution >= 0.6 is 11.6 Å². The zero-order valence-electron chi connectivity index (χ0n) is 14.7. The van der Waals surface area contributed by atoms with E-state index >= 15 is 0 Å². The van der Waals surface area contributed by atoms with E-state index in [-0.39, 0.29) is 30.2 Å². The van der Waals surface area contributed by atoms with Gasteiger partial charge in [-0.25, -0.2) is 9.18 Å². The Morgan fingerprint density at radius 1 is 1.38 bits per heavy atom. The number of benzene rings is 1. The summed E-state index contributed by atoms with van der Waals surface area (Å²) < 4.78 is 24.1. The highest BCUT2D eigenvalue weighted by Crippen LogP contribution is 2.24. The summed E-state index contributed by atoms with van der Waals surface area (Å²) in [5, 5.41) is 0.00245. The van der Waals surface area contributed by atoms with Crippen molar-refractivity contribution in [3.05, 3.63) is 28.5 Å². The SMILES string of the molecule is CC(C)(C)OC(=O)CN1CCC(OC(=O)c2cc(Cl)c(N)cc2F)C1=O. The number of anilines is 1. The number of ether oxygens (including phenoxy) is 2. The van der Waals surface area contributed by atoms with E-state index in [1.165, 1.54) is 4.90 Å². The van der Waals surface area contributed by atoms with Gasteiger partial charge < -0.3 is 20.1 Å². The molecule has 1 aliphatic rings. The maximum atomic E-state index is 13.9. The van der Waals surface area contributed by atoms with Crippen molar-refractivity contribution in [2.45, 2.75) is 38.9 Å². The standard InChI is InChI=1S/C17H20ClFN2O5/c1-17(2,3)26-14(22)8-21-5-4-13(15(21)23)25-16(24)9-6-10(18)12(20)7-11(9)19/h6-7,13H,4-5,8,20H2,1-3H3. The van der Waals surface area contributed by atoms with E-state index in [9.17, 15) is 18.8 Å². The highest BCUT2D eigenvalue weighted by molar-refractivity contribution is 6.33. The quantitative estimate of drug-likeness (QED) is 0.629. The zero-order valence-corrected chi connectivity index (χ0v) is 15.4. The predicted octanol–water partition coefficient (Wildman–Crippen LogP) is 2.16. The summed E-state index contributed by atoms with van der Waals surface area (Å²) in [5.41, 5.74) is 4.36. The maximum absolute atomic E-state index is 13.9. The number of rotatable bonds is 4. The third kappa shape index (κ3) is 4.85. The summed E-state index contributed by atoms with van der Waals surface area (Å²) in [7, 11) is 0. The van der Waals surface area contributed by atoms with Crippen molar-refractivity contribution in [3.63, 3.8) is 0 Å². The summed E-state index contributed by atoms with van der Waals surface area (Å²) >= 11 is 5.78. The van der Waals surface area contributed by atoms with Gasteiger partial charge in [0.1, 0.15) is 18.0 Å². The summed E-state index contributed by atoms with van der Waals surface area (Å²) in [6.07, 6.45) is -0.904. The molecule has 2 rings (SSSR count). The molecule has 0 aromatic heterocycles. The summed E-state index contributed by atoms with van der Waals surface area (Å²) in [6, 6.07) is 1.96. The van der Waals surface area contributed by atoms with Gasteiger partial charge in [0.05, 0.1) is 16.3 Å². The van der Waals surface area contributed by atoms with Crippen molar-refractivity contribution in [2.75, 3.05) is 18.8 Å². The highest BCUT2D eigenvalue weighted by Gasteiger charge is 2.37. The molecule has 1 unspecified atom stereocenters. The Kier molecular flexibility index (Phi) is 5.75. The molecule has 2 N–H and O–H groups in total. The van der Waals surface area contributed by atoms with Gasteiger partial charge in [-0.1, -0.05) is 11.6 Å². The lowest BCUT2D eigenvalue weighted by Crippen LogP contribution is -2.38. The lowest BCUT2D eigenvalue weighted by molar-refractivity contribution is -0.158. The first-order valence-corrected chi connectivity index (χ1v) is 8.32. The van der Waals surface area contributed by atoms with Crippen LogP contribution in [0.5, 0.6) is 0 Å². The largest absolute Gasteiger partial charge is 0.459 e. The zero-order chi connectivity index (χ0) is 19.6. The van der Waals surface area contributed by atoms with Gasteiger partial charge in [-0.2, -0.15) is 0 Å². The van der Waals surface area contributed by atoms with Crippen molar-refractivity contribution in [2.24, 2.45) is 0 Å². The minimum absolute atomic E-state index is 0.00245. The summed E-state index contributed by atoms with van der Waals surface area (Å²) in [4.78, 5) is 37.5. The number of amides is 1. The smallest absolute Gasteiger partial charge is 0.341 e. The first-order chi connectivity index (χ1) is 12.0. The Bertz CT molecular complexity index is 747. The number of hydrogen-bond acceptors (Lipinski definition) is 6. The monoisotopic (exact) mass is 386 g/mol. The average molecular weight is 387 g/mol. The molecule has 1 heterocycles. The molecule has 0 radical (unpaired) electrons. The van der Waals surface area contributed by atoms with Crippen molar-refractivity contribution >= 4 is 35.1 Å². The molecule has 142 valence electrons. The molecular weight excluding hydrogens is 367 g/mol. The van der Waals surface area contributed by atoms with Crippen molar-refractivity contribution in [1.29, 1.82) is 0 Å². The van der Waals surface area contributed by atoms with Gasteiger partial charge in [-0.05, 0) is 32.9 Å². The van der Waals surface area contributed by atoms with E-state index in [2.05, 4.69) is 0 Å². The minimum Gasteiger partial charge on any atom is -0.459 e. The molecule has 0 bridgehead atoms.